The highest BCUT2D eigenvalue weighted by atomic mass is 16.3. The van der Waals surface area contributed by atoms with E-state index < -0.39 is 0 Å². The first-order chi connectivity index (χ1) is 6.69. The van der Waals surface area contributed by atoms with Crippen LogP contribution in [0.4, 0.5) is 4.79 Å². The number of carbonyl (C=O) groups is 1. The van der Waals surface area contributed by atoms with Crippen LogP contribution in [0.2, 0.25) is 0 Å². The van der Waals surface area contributed by atoms with E-state index in [1.807, 2.05) is 6.92 Å². The van der Waals surface area contributed by atoms with Crippen molar-refractivity contribution < 1.29 is 9.90 Å². The highest BCUT2D eigenvalue weighted by Gasteiger charge is 2.28. The zero-order valence-electron chi connectivity index (χ0n) is 8.99. The smallest absolute Gasteiger partial charge is 0.317 e. The van der Waals surface area contributed by atoms with Gasteiger partial charge in [-0.1, -0.05) is 6.92 Å². The Kier molecular flexibility index (Phi) is 4.20. The first-order valence-corrected chi connectivity index (χ1v) is 5.39. The van der Waals surface area contributed by atoms with Gasteiger partial charge in [-0.15, -0.1) is 0 Å². The average Bonchev–Trinajstić information content (AvgIpc) is 2.19. The highest BCUT2D eigenvalue weighted by Crippen LogP contribution is 2.19. The van der Waals surface area contributed by atoms with Crippen LogP contribution in [-0.2, 0) is 0 Å². The van der Waals surface area contributed by atoms with Gasteiger partial charge >= 0.3 is 6.03 Å². The molecule has 2 N–H and O–H groups in total. The number of carbonyl (C=O) groups excluding carboxylic acids is 1. The first-order valence-electron chi connectivity index (χ1n) is 5.39. The van der Waals surface area contributed by atoms with E-state index in [1.54, 1.807) is 4.90 Å². The second-order valence-electron chi connectivity index (χ2n) is 3.81. The second-order valence-corrected chi connectivity index (χ2v) is 3.81. The highest BCUT2D eigenvalue weighted by molar-refractivity contribution is 5.74. The van der Waals surface area contributed by atoms with Crippen molar-refractivity contribution in [3.63, 3.8) is 0 Å². The van der Waals surface area contributed by atoms with Crippen molar-refractivity contribution in [3.8, 4) is 0 Å². The summed E-state index contributed by atoms with van der Waals surface area (Å²) in [5, 5.41) is 12.4. The summed E-state index contributed by atoms with van der Waals surface area (Å²) in [6, 6.07) is -0.00199. The number of urea groups is 1. The van der Waals surface area contributed by atoms with Gasteiger partial charge in [-0.25, -0.2) is 4.79 Å². The van der Waals surface area contributed by atoms with Gasteiger partial charge in [-0.3, -0.25) is 0 Å². The van der Waals surface area contributed by atoms with Crippen LogP contribution in [0.3, 0.4) is 0 Å². The zero-order chi connectivity index (χ0) is 10.6. The van der Waals surface area contributed by atoms with E-state index >= 15 is 0 Å². The average molecular weight is 200 g/mol. The molecule has 1 aliphatic rings. The largest absolute Gasteiger partial charge is 0.393 e. The Morgan fingerprint density at radius 1 is 1.57 bits per heavy atom. The lowest BCUT2D eigenvalue weighted by Gasteiger charge is -2.35. The molecule has 1 saturated heterocycles. The van der Waals surface area contributed by atoms with E-state index in [4.69, 9.17) is 0 Å². The number of amides is 2. The molecule has 14 heavy (non-hydrogen) atoms. The van der Waals surface area contributed by atoms with Crippen molar-refractivity contribution >= 4 is 6.03 Å². The van der Waals surface area contributed by atoms with Gasteiger partial charge in [-0.2, -0.15) is 0 Å². The molecule has 0 aromatic rings. The van der Waals surface area contributed by atoms with Crippen molar-refractivity contribution in [1.82, 2.24) is 10.2 Å². The van der Waals surface area contributed by atoms with Gasteiger partial charge in [0.2, 0.25) is 0 Å². The molecule has 0 bridgehead atoms. The molecule has 2 unspecified atom stereocenters. The predicted octanol–water partition coefficient (Wildman–Crippen LogP) is 0.809. The summed E-state index contributed by atoms with van der Waals surface area (Å²) in [4.78, 5) is 13.3. The van der Waals surface area contributed by atoms with E-state index in [0.717, 1.165) is 6.42 Å². The summed E-state index contributed by atoms with van der Waals surface area (Å²) in [6.45, 7) is 5.98. The topological polar surface area (TPSA) is 52.6 Å². The predicted molar refractivity (Wildman–Crippen MR) is 55.1 cm³/mol. The quantitative estimate of drug-likeness (QED) is 0.693. The Morgan fingerprint density at radius 3 is 2.86 bits per heavy atom. The summed E-state index contributed by atoms with van der Waals surface area (Å²) in [6.07, 6.45) is 1.40. The molecule has 0 radical (unpaired) electrons. The maximum atomic E-state index is 11.5. The van der Waals surface area contributed by atoms with Gasteiger partial charge in [-0.05, 0) is 19.8 Å². The lowest BCUT2D eigenvalue weighted by molar-refractivity contribution is 0.0383. The first kappa shape index (κ1) is 11.3. The number of aliphatic hydroxyl groups is 1. The molecule has 0 spiro atoms. The van der Waals surface area contributed by atoms with Crippen LogP contribution in [0.15, 0.2) is 0 Å². The molecular weight excluding hydrogens is 180 g/mol. The monoisotopic (exact) mass is 200 g/mol. The third-order valence-corrected chi connectivity index (χ3v) is 2.83. The SMILES string of the molecule is CCNC(=O)N1CCC(O)C(CC)C1. The minimum atomic E-state index is -0.231. The molecule has 2 amide bonds. The number of nitrogens with zero attached hydrogens (tertiary/aromatic N) is 1. The number of hydrogen-bond acceptors (Lipinski definition) is 2. The van der Waals surface area contributed by atoms with Gasteiger partial charge in [0, 0.05) is 25.6 Å². The Labute approximate surface area is 85.3 Å². The normalized spacial score (nSPS) is 27.5. The third-order valence-electron chi connectivity index (χ3n) is 2.83. The molecule has 1 aliphatic heterocycles. The van der Waals surface area contributed by atoms with Crippen molar-refractivity contribution in [3.05, 3.63) is 0 Å². The van der Waals surface area contributed by atoms with Crippen molar-refractivity contribution in [2.45, 2.75) is 32.8 Å². The molecule has 0 aliphatic carbocycles. The van der Waals surface area contributed by atoms with Gasteiger partial charge in [0.05, 0.1) is 6.10 Å². The number of rotatable bonds is 2. The van der Waals surface area contributed by atoms with Crippen LogP contribution in [-0.4, -0.2) is 41.8 Å². The molecule has 1 heterocycles. The number of hydrogen-bond donors (Lipinski definition) is 2. The van der Waals surface area contributed by atoms with Crippen LogP contribution in [0, 0.1) is 5.92 Å². The fraction of sp³-hybridized carbons (Fsp3) is 0.900. The van der Waals surface area contributed by atoms with E-state index in [0.29, 0.717) is 26.1 Å². The second kappa shape index (κ2) is 5.20. The van der Waals surface area contributed by atoms with E-state index in [9.17, 15) is 9.90 Å². The van der Waals surface area contributed by atoms with Crippen molar-refractivity contribution in [1.29, 1.82) is 0 Å². The zero-order valence-corrected chi connectivity index (χ0v) is 8.99. The number of nitrogens with one attached hydrogen (secondary N) is 1. The molecule has 4 nitrogen and oxygen atoms in total. The fourth-order valence-electron chi connectivity index (χ4n) is 1.87. The Morgan fingerprint density at radius 2 is 2.29 bits per heavy atom. The number of piperidine rings is 1. The number of aliphatic hydroxyl groups excluding tert-OH is 1. The van der Waals surface area contributed by atoms with Gasteiger partial charge < -0.3 is 15.3 Å². The molecule has 82 valence electrons. The van der Waals surface area contributed by atoms with Crippen molar-refractivity contribution in [2.24, 2.45) is 5.92 Å². The number of likely N-dealkylation sites (tertiary alicyclic amines) is 1. The maximum Gasteiger partial charge on any atom is 0.317 e. The van der Waals surface area contributed by atoms with Crippen LogP contribution < -0.4 is 5.32 Å². The minimum absolute atomic E-state index is 0.00199. The molecular formula is C10H20N2O2. The van der Waals surface area contributed by atoms with Gasteiger partial charge in [0.25, 0.3) is 0 Å². The standard InChI is InChI=1S/C10H20N2O2/c1-3-8-7-12(6-5-9(8)13)10(14)11-4-2/h8-9,13H,3-7H2,1-2H3,(H,11,14). The van der Waals surface area contributed by atoms with Crippen molar-refractivity contribution in [2.75, 3.05) is 19.6 Å². The summed E-state index contributed by atoms with van der Waals surface area (Å²) < 4.78 is 0. The molecule has 2 atom stereocenters. The summed E-state index contributed by atoms with van der Waals surface area (Å²) in [5.74, 6) is 0.242. The van der Waals surface area contributed by atoms with Crippen LogP contribution in [0.25, 0.3) is 0 Å². The van der Waals surface area contributed by atoms with Gasteiger partial charge in [0.15, 0.2) is 0 Å². The molecule has 1 fully saturated rings. The summed E-state index contributed by atoms with van der Waals surface area (Å²) in [7, 11) is 0. The lowest BCUT2D eigenvalue weighted by atomic mass is 9.93. The van der Waals surface area contributed by atoms with Crippen LogP contribution in [0.5, 0.6) is 0 Å². The molecule has 0 saturated carbocycles. The molecule has 1 rings (SSSR count). The molecule has 0 aromatic carbocycles. The molecule has 0 aromatic heterocycles. The van der Waals surface area contributed by atoms with E-state index in [-0.39, 0.29) is 18.1 Å². The van der Waals surface area contributed by atoms with Crippen LogP contribution >= 0.6 is 0 Å². The third kappa shape index (κ3) is 2.61. The summed E-state index contributed by atoms with van der Waals surface area (Å²) in [5.41, 5.74) is 0. The molecule has 4 heteroatoms. The maximum absolute atomic E-state index is 11.5. The van der Waals surface area contributed by atoms with E-state index in [2.05, 4.69) is 12.2 Å². The van der Waals surface area contributed by atoms with Crippen LogP contribution in [0.1, 0.15) is 26.7 Å². The Bertz CT molecular complexity index is 197. The summed E-state index contributed by atoms with van der Waals surface area (Å²) >= 11 is 0. The Balaban J connectivity index is 2.45. The fourth-order valence-corrected chi connectivity index (χ4v) is 1.87. The minimum Gasteiger partial charge on any atom is -0.393 e. The van der Waals surface area contributed by atoms with Gasteiger partial charge in [0.1, 0.15) is 0 Å². The van der Waals surface area contributed by atoms with E-state index in [1.165, 1.54) is 0 Å². The Hall–Kier alpha value is -0.770. The lowest BCUT2D eigenvalue weighted by Crippen LogP contribution is -2.49.